The lowest BCUT2D eigenvalue weighted by molar-refractivity contribution is -0.138. The third-order valence-corrected chi connectivity index (χ3v) is 5.27. The second-order valence-corrected chi connectivity index (χ2v) is 6.96. The Morgan fingerprint density at radius 2 is 1.76 bits per heavy atom. The van der Waals surface area contributed by atoms with Crippen molar-refractivity contribution in [3.05, 3.63) is 57.8 Å². The molecule has 1 fully saturated rings. The highest BCUT2D eigenvalue weighted by molar-refractivity contribution is 7.12. The molecule has 25 heavy (non-hydrogen) atoms. The molecule has 1 aliphatic heterocycles. The van der Waals surface area contributed by atoms with E-state index in [4.69, 9.17) is 0 Å². The molecule has 2 heterocycles. The number of hydrogen-bond acceptors (Lipinski definition) is 3. The zero-order valence-corrected chi connectivity index (χ0v) is 14.4. The van der Waals surface area contributed by atoms with Gasteiger partial charge in [0.15, 0.2) is 0 Å². The first-order valence-corrected chi connectivity index (χ1v) is 9.03. The van der Waals surface area contributed by atoms with Crippen molar-refractivity contribution >= 4 is 17.2 Å². The van der Waals surface area contributed by atoms with Crippen LogP contribution in [0.3, 0.4) is 0 Å². The van der Waals surface area contributed by atoms with E-state index in [9.17, 15) is 18.0 Å². The summed E-state index contributed by atoms with van der Waals surface area (Å²) in [6.07, 6.45) is -3.96. The van der Waals surface area contributed by atoms with Crippen LogP contribution in [0.4, 0.5) is 13.2 Å². The number of carbonyl (C=O) groups is 1. The molecule has 1 aliphatic rings. The molecule has 1 saturated heterocycles. The van der Waals surface area contributed by atoms with Crippen molar-refractivity contribution in [2.24, 2.45) is 0 Å². The van der Waals surface area contributed by atoms with Crippen LogP contribution in [-0.4, -0.2) is 48.4 Å². The van der Waals surface area contributed by atoms with Crippen LogP contribution >= 0.6 is 11.3 Å². The summed E-state index contributed by atoms with van der Waals surface area (Å²) in [6, 6.07) is 9.40. The number of alkyl halides is 3. The fourth-order valence-electron chi connectivity index (χ4n) is 3.02. The minimum absolute atomic E-state index is 0.0390. The molecule has 1 aromatic carbocycles. The number of nitrogens with zero attached hydrogens (tertiary/aromatic N) is 2. The van der Waals surface area contributed by atoms with Gasteiger partial charge in [-0.15, -0.1) is 11.3 Å². The van der Waals surface area contributed by atoms with E-state index in [0.29, 0.717) is 44.7 Å². The fourth-order valence-corrected chi connectivity index (χ4v) is 3.71. The third-order valence-electron chi connectivity index (χ3n) is 4.41. The van der Waals surface area contributed by atoms with E-state index in [2.05, 4.69) is 4.90 Å². The van der Waals surface area contributed by atoms with E-state index < -0.39 is 11.7 Å². The van der Waals surface area contributed by atoms with Gasteiger partial charge >= 0.3 is 6.18 Å². The van der Waals surface area contributed by atoms with Crippen LogP contribution in [0.25, 0.3) is 0 Å². The summed E-state index contributed by atoms with van der Waals surface area (Å²) in [5, 5.41) is 1.88. The highest BCUT2D eigenvalue weighted by atomic mass is 32.1. The predicted molar refractivity (Wildman–Crippen MR) is 91.8 cm³/mol. The number of halogens is 3. The fraction of sp³-hybridized carbons (Fsp3) is 0.389. The number of carbonyl (C=O) groups excluding carboxylic acids is 1. The summed E-state index contributed by atoms with van der Waals surface area (Å²) in [7, 11) is 0. The smallest absolute Gasteiger partial charge is 0.335 e. The van der Waals surface area contributed by atoms with Crippen molar-refractivity contribution in [2.45, 2.75) is 12.6 Å². The lowest BCUT2D eigenvalue weighted by Crippen LogP contribution is -2.49. The summed E-state index contributed by atoms with van der Waals surface area (Å²) in [5.41, 5.74) is -0.228. The van der Waals surface area contributed by atoms with E-state index in [0.717, 1.165) is 10.9 Å². The van der Waals surface area contributed by atoms with Gasteiger partial charge in [0, 0.05) is 32.7 Å². The molecule has 0 spiro atoms. The molecule has 1 amide bonds. The average Bonchev–Trinajstić information content (AvgIpc) is 3.14. The maximum atomic E-state index is 13.0. The second-order valence-electron chi connectivity index (χ2n) is 6.02. The first-order chi connectivity index (χ1) is 11.9. The van der Waals surface area contributed by atoms with Gasteiger partial charge in [-0.1, -0.05) is 24.3 Å². The second kappa shape index (κ2) is 7.58. The molecular formula is C18H19F3N2OS. The van der Waals surface area contributed by atoms with Crippen LogP contribution in [0.1, 0.15) is 20.8 Å². The van der Waals surface area contributed by atoms with Crippen molar-refractivity contribution in [1.29, 1.82) is 0 Å². The van der Waals surface area contributed by atoms with Gasteiger partial charge in [0.1, 0.15) is 0 Å². The number of piperazine rings is 1. The first kappa shape index (κ1) is 17.9. The van der Waals surface area contributed by atoms with Gasteiger partial charge in [-0.25, -0.2) is 0 Å². The minimum atomic E-state index is -4.32. The maximum absolute atomic E-state index is 13.0. The Kier molecular flexibility index (Phi) is 5.44. The minimum Gasteiger partial charge on any atom is -0.335 e. The lowest BCUT2D eigenvalue weighted by atomic mass is 10.0. The Balaban J connectivity index is 1.53. The number of hydrogen-bond donors (Lipinski definition) is 0. The van der Waals surface area contributed by atoms with Crippen LogP contribution in [0.5, 0.6) is 0 Å². The summed E-state index contributed by atoms with van der Waals surface area (Å²) >= 11 is 1.43. The van der Waals surface area contributed by atoms with Gasteiger partial charge in [0.05, 0.1) is 10.4 Å². The Labute approximate surface area is 148 Å². The highest BCUT2D eigenvalue weighted by Crippen LogP contribution is 2.32. The first-order valence-electron chi connectivity index (χ1n) is 8.15. The molecule has 0 unspecified atom stereocenters. The zero-order chi connectivity index (χ0) is 17.9. The number of rotatable bonds is 4. The van der Waals surface area contributed by atoms with Crippen molar-refractivity contribution < 1.29 is 18.0 Å². The Morgan fingerprint density at radius 3 is 2.40 bits per heavy atom. The molecule has 3 rings (SSSR count). The van der Waals surface area contributed by atoms with Gasteiger partial charge in [-0.05, 0) is 29.5 Å². The van der Waals surface area contributed by atoms with E-state index in [1.165, 1.54) is 17.4 Å². The average molecular weight is 368 g/mol. The highest BCUT2D eigenvalue weighted by Gasteiger charge is 2.33. The van der Waals surface area contributed by atoms with Gasteiger partial charge in [-0.2, -0.15) is 13.2 Å². The summed E-state index contributed by atoms with van der Waals surface area (Å²) in [4.78, 5) is 17.0. The molecule has 0 bridgehead atoms. The van der Waals surface area contributed by atoms with E-state index in [1.54, 1.807) is 12.1 Å². The summed E-state index contributed by atoms with van der Waals surface area (Å²) in [5.74, 6) is 0.0390. The van der Waals surface area contributed by atoms with E-state index in [1.807, 2.05) is 22.4 Å². The van der Waals surface area contributed by atoms with Gasteiger partial charge in [0.25, 0.3) is 5.91 Å². The Hall–Kier alpha value is -1.86. The Morgan fingerprint density at radius 1 is 1.04 bits per heavy atom. The van der Waals surface area contributed by atoms with Crippen LogP contribution in [0, 0.1) is 0 Å². The van der Waals surface area contributed by atoms with E-state index >= 15 is 0 Å². The maximum Gasteiger partial charge on any atom is 0.416 e. The molecule has 0 atom stereocenters. The number of amides is 1. The van der Waals surface area contributed by atoms with Crippen LogP contribution in [-0.2, 0) is 12.6 Å². The molecule has 0 aliphatic carbocycles. The lowest BCUT2D eigenvalue weighted by Gasteiger charge is -2.34. The van der Waals surface area contributed by atoms with Crippen molar-refractivity contribution in [1.82, 2.24) is 9.80 Å². The Bertz CT molecular complexity index is 707. The largest absolute Gasteiger partial charge is 0.416 e. The molecule has 2 aromatic rings. The van der Waals surface area contributed by atoms with Gasteiger partial charge in [-0.3, -0.25) is 9.69 Å². The van der Waals surface area contributed by atoms with Crippen LogP contribution < -0.4 is 0 Å². The molecule has 0 radical (unpaired) electrons. The standard InChI is InChI=1S/C18H19F3N2OS/c19-18(20,21)15-5-2-1-4-14(15)7-8-22-9-11-23(12-10-22)17(24)16-6-3-13-25-16/h1-6,13H,7-12H2. The quantitative estimate of drug-likeness (QED) is 0.820. The van der Waals surface area contributed by atoms with Gasteiger partial charge < -0.3 is 4.90 Å². The van der Waals surface area contributed by atoms with Crippen LogP contribution in [0.2, 0.25) is 0 Å². The molecule has 3 nitrogen and oxygen atoms in total. The molecule has 1 aromatic heterocycles. The third kappa shape index (κ3) is 4.41. The van der Waals surface area contributed by atoms with Gasteiger partial charge in [0.2, 0.25) is 0 Å². The van der Waals surface area contributed by atoms with Crippen LogP contribution in [0.15, 0.2) is 41.8 Å². The molecular weight excluding hydrogens is 349 g/mol. The van der Waals surface area contributed by atoms with Crippen molar-refractivity contribution in [3.63, 3.8) is 0 Å². The predicted octanol–water partition coefficient (Wildman–Crippen LogP) is 3.77. The molecule has 7 heteroatoms. The number of thiophene rings is 1. The van der Waals surface area contributed by atoms with E-state index in [-0.39, 0.29) is 5.91 Å². The molecule has 0 N–H and O–H groups in total. The monoisotopic (exact) mass is 368 g/mol. The summed E-state index contributed by atoms with van der Waals surface area (Å²) < 4.78 is 39.1. The van der Waals surface area contributed by atoms with Crippen molar-refractivity contribution in [2.75, 3.05) is 32.7 Å². The molecule has 0 saturated carbocycles. The molecule has 134 valence electrons. The normalized spacial score (nSPS) is 16.2. The number of benzene rings is 1. The topological polar surface area (TPSA) is 23.6 Å². The van der Waals surface area contributed by atoms with Crippen molar-refractivity contribution in [3.8, 4) is 0 Å². The zero-order valence-electron chi connectivity index (χ0n) is 13.6. The summed E-state index contributed by atoms with van der Waals surface area (Å²) in [6.45, 7) is 3.15. The SMILES string of the molecule is O=C(c1cccs1)N1CCN(CCc2ccccc2C(F)(F)F)CC1.